The molecule has 0 aromatic carbocycles. The minimum atomic E-state index is 0.734. The van der Waals surface area contributed by atoms with Crippen molar-refractivity contribution >= 4 is 0 Å². The molecule has 1 unspecified atom stereocenters. The maximum absolute atomic E-state index is 5.35. The number of hydrogen-bond acceptors (Lipinski definition) is 1. The number of rotatable bonds is 0. The number of hydrogen-bond donors (Lipinski definition) is 0. The van der Waals surface area contributed by atoms with Crippen molar-refractivity contribution in [1.29, 1.82) is 0 Å². The molecule has 2 fully saturated rings. The molecule has 0 bridgehead atoms. The van der Waals surface area contributed by atoms with E-state index in [0.717, 1.165) is 24.5 Å². The Kier molecular flexibility index (Phi) is 1.48. The van der Waals surface area contributed by atoms with Crippen molar-refractivity contribution < 1.29 is 4.74 Å². The Bertz CT molecular complexity index is 125. The van der Waals surface area contributed by atoms with Gasteiger partial charge in [0.25, 0.3) is 0 Å². The van der Waals surface area contributed by atoms with Gasteiger partial charge < -0.3 is 4.74 Å². The predicted octanol–water partition coefficient (Wildman–Crippen LogP) is 2.21. The molecule has 1 heteroatoms. The largest absolute Gasteiger partial charge is 0.381 e. The molecule has 0 radical (unpaired) electrons. The summed E-state index contributed by atoms with van der Waals surface area (Å²) in [5.74, 6) is 0.983. The normalized spacial score (nSPS) is 37.5. The molecule has 0 aromatic heterocycles. The fraction of sp³-hybridized carbons (Fsp3) is 1.00. The third kappa shape index (κ3) is 0.800. The predicted molar refractivity (Wildman–Crippen MR) is 40.9 cm³/mol. The van der Waals surface area contributed by atoms with Gasteiger partial charge in [-0.3, -0.25) is 0 Å². The van der Waals surface area contributed by atoms with E-state index in [0.29, 0.717) is 0 Å². The van der Waals surface area contributed by atoms with Crippen LogP contribution >= 0.6 is 0 Å². The molecule has 0 aromatic rings. The Hall–Kier alpha value is -0.0400. The van der Waals surface area contributed by atoms with Crippen LogP contribution in [-0.4, -0.2) is 13.2 Å². The first-order valence-corrected chi connectivity index (χ1v) is 4.41. The van der Waals surface area contributed by atoms with E-state index >= 15 is 0 Å². The summed E-state index contributed by atoms with van der Waals surface area (Å²) in [7, 11) is 0. The fourth-order valence-electron chi connectivity index (χ4n) is 2.36. The quantitative estimate of drug-likeness (QED) is 0.501. The molecule has 1 aliphatic carbocycles. The van der Waals surface area contributed by atoms with Crippen LogP contribution in [0.3, 0.4) is 0 Å². The highest BCUT2D eigenvalue weighted by Crippen LogP contribution is 2.52. The summed E-state index contributed by atoms with van der Waals surface area (Å²) >= 11 is 0. The van der Waals surface area contributed by atoms with Crippen molar-refractivity contribution in [1.82, 2.24) is 0 Å². The molecule has 0 N–H and O–H groups in total. The second-order valence-corrected chi connectivity index (χ2v) is 3.91. The minimum Gasteiger partial charge on any atom is -0.381 e. The molecule has 58 valence electrons. The molecule has 1 saturated heterocycles. The number of ether oxygens (including phenoxy) is 1. The summed E-state index contributed by atoms with van der Waals surface area (Å²) in [4.78, 5) is 0. The van der Waals surface area contributed by atoms with E-state index in [1.807, 2.05) is 0 Å². The molecular formula is C9H16O. The molecule has 0 amide bonds. The monoisotopic (exact) mass is 140 g/mol. The first-order valence-electron chi connectivity index (χ1n) is 4.41. The van der Waals surface area contributed by atoms with Crippen molar-refractivity contribution in [2.75, 3.05) is 13.2 Å². The van der Waals surface area contributed by atoms with Gasteiger partial charge in [0.15, 0.2) is 0 Å². The zero-order chi connectivity index (χ0) is 7.03. The van der Waals surface area contributed by atoms with Crippen LogP contribution in [0.25, 0.3) is 0 Å². The van der Waals surface area contributed by atoms with Crippen LogP contribution in [0.4, 0.5) is 0 Å². The van der Waals surface area contributed by atoms with Crippen LogP contribution in [0, 0.1) is 11.3 Å². The summed E-state index contributed by atoms with van der Waals surface area (Å²) in [6.45, 7) is 4.43. The lowest BCUT2D eigenvalue weighted by atomic mass is 9.57. The molecule has 1 heterocycles. The highest BCUT2D eigenvalue weighted by molar-refractivity contribution is 4.94. The Labute approximate surface area is 62.8 Å². The van der Waals surface area contributed by atoms with Gasteiger partial charge >= 0.3 is 0 Å². The third-order valence-electron chi connectivity index (χ3n) is 3.61. The van der Waals surface area contributed by atoms with Gasteiger partial charge in [0, 0.05) is 13.2 Å². The second kappa shape index (κ2) is 2.23. The van der Waals surface area contributed by atoms with Crippen molar-refractivity contribution in [3.05, 3.63) is 0 Å². The van der Waals surface area contributed by atoms with Crippen molar-refractivity contribution in [2.24, 2.45) is 11.3 Å². The smallest absolute Gasteiger partial charge is 0.0471 e. The van der Waals surface area contributed by atoms with Gasteiger partial charge in [-0.25, -0.2) is 0 Å². The Morgan fingerprint density at radius 3 is 2.20 bits per heavy atom. The van der Waals surface area contributed by atoms with Crippen LogP contribution < -0.4 is 0 Å². The van der Waals surface area contributed by atoms with Crippen molar-refractivity contribution in [3.63, 3.8) is 0 Å². The zero-order valence-electron chi connectivity index (χ0n) is 6.73. The van der Waals surface area contributed by atoms with Crippen LogP contribution in [0.2, 0.25) is 0 Å². The maximum Gasteiger partial charge on any atom is 0.0471 e. The van der Waals surface area contributed by atoms with E-state index < -0.39 is 0 Å². The van der Waals surface area contributed by atoms with Crippen molar-refractivity contribution in [2.45, 2.75) is 32.6 Å². The summed E-state index contributed by atoms with van der Waals surface area (Å²) in [6, 6.07) is 0. The standard InChI is InChI=1S/C9H16O/c1-8-2-3-9(8)4-6-10-7-5-9/h8H,2-7H2,1H3. The fourth-order valence-corrected chi connectivity index (χ4v) is 2.36. The van der Waals surface area contributed by atoms with Crippen LogP contribution in [0.1, 0.15) is 32.6 Å². The van der Waals surface area contributed by atoms with Gasteiger partial charge in [-0.1, -0.05) is 6.92 Å². The van der Waals surface area contributed by atoms with E-state index in [4.69, 9.17) is 4.74 Å². The minimum absolute atomic E-state index is 0.734. The summed E-state index contributed by atoms with van der Waals surface area (Å²) in [6.07, 6.45) is 5.58. The van der Waals surface area contributed by atoms with E-state index in [2.05, 4.69) is 6.92 Å². The average Bonchev–Trinajstić information content (AvgIpc) is 2.04. The Morgan fingerprint density at radius 1 is 1.20 bits per heavy atom. The van der Waals surface area contributed by atoms with Gasteiger partial charge in [-0.05, 0) is 37.0 Å². The molecule has 1 saturated carbocycles. The van der Waals surface area contributed by atoms with E-state index in [9.17, 15) is 0 Å². The molecule has 2 aliphatic rings. The molecule has 1 atom stereocenters. The average molecular weight is 140 g/mol. The van der Waals surface area contributed by atoms with Gasteiger partial charge in [0.05, 0.1) is 0 Å². The highest BCUT2D eigenvalue weighted by atomic mass is 16.5. The lowest BCUT2D eigenvalue weighted by molar-refractivity contribution is -0.0685. The summed E-state index contributed by atoms with van der Waals surface area (Å²) in [5, 5.41) is 0. The van der Waals surface area contributed by atoms with E-state index in [1.165, 1.54) is 25.7 Å². The SMILES string of the molecule is CC1CCC12CCOCC2. The topological polar surface area (TPSA) is 9.23 Å². The van der Waals surface area contributed by atoms with Gasteiger partial charge in [0.1, 0.15) is 0 Å². The summed E-state index contributed by atoms with van der Waals surface area (Å²) < 4.78 is 5.35. The van der Waals surface area contributed by atoms with Crippen molar-refractivity contribution in [3.8, 4) is 0 Å². The molecular weight excluding hydrogens is 124 g/mol. The Morgan fingerprint density at radius 2 is 1.90 bits per heavy atom. The maximum atomic E-state index is 5.35. The van der Waals surface area contributed by atoms with Crippen LogP contribution in [-0.2, 0) is 4.74 Å². The van der Waals surface area contributed by atoms with E-state index in [1.54, 1.807) is 0 Å². The molecule has 1 aliphatic heterocycles. The molecule has 2 rings (SSSR count). The molecule has 1 nitrogen and oxygen atoms in total. The van der Waals surface area contributed by atoms with Gasteiger partial charge in [-0.2, -0.15) is 0 Å². The van der Waals surface area contributed by atoms with E-state index in [-0.39, 0.29) is 0 Å². The van der Waals surface area contributed by atoms with Gasteiger partial charge in [-0.15, -0.1) is 0 Å². The van der Waals surface area contributed by atoms with Crippen LogP contribution in [0.5, 0.6) is 0 Å². The zero-order valence-corrected chi connectivity index (χ0v) is 6.73. The van der Waals surface area contributed by atoms with Crippen LogP contribution in [0.15, 0.2) is 0 Å². The summed E-state index contributed by atoms with van der Waals surface area (Å²) in [5.41, 5.74) is 0.734. The van der Waals surface area contributed by atoms with Gasteiger partial charge in [0.2, 0.25) is 0 Å². The molecule has 1 spiro atoms. The first-order chi connectivity index (χ1) is 4.83. The Balaban J connectivity index is 1.99. The second-order valence-electron chi connectivity index (χ2n) is 3.91. The highest BCUT2D eigenvalue weighted by Gasteiger charge is 2.44. The molecule has 10 heavy (non-hydrogen) atoms. The lowest BCUT2D eigenvalue weighted by Crippen LogP contribution is -2.42. The third-order valence-corrected chi connectivity index (χ3v) is 3.61. The lowest BCUT2D eigenvalue weighted by Gasteiger charge is -2.50. The first kappa shape index (κ1) is 6.66.